The lowest BCUT2D eigenvalue weighted by atomic mass is 10.2. The lowest BCUT2D eigenvalue weighted by Crippen LogP contribution is -1.89. The summed E-state index contributed by atoms with van der Waals surface area (Å²) in [5.41, 5.74) is 2.22. The summed E-state index contributed by atoms with van der Waals surface area (Å²) in [4.78, 5) is 0.974. The van der Waals surface area contributed by atoms with Crippen molar-refractivity contribution in [3.05, 3.63) is 53.2 Å². The number of thioether (sulfide) groups is 1. The lowest BCUT2D eigenvalue weighted by molar-refractivity contribution is 0.510. The van der Waals surface area contributed by atoms with Crippen LogP contribution in [0.5, 0.6) is 0 Å². The highest BCUT2D eigenvalue weighted by atomic mass is 32.2. The average molecular weight is 402 g/mol. The zero-order valence-corrected chi connectivity index (χ0v) is 16.5. The monoisotopic (exact) mass is 401 g/mol. The Morgan fingerprint density at radius 2 is 1.92 bits per heavy atom. The van der Waals surface area contributed by atoms with Crippen molar-refractivity contribution in [1.29, 1.82) is 0 Å². The van der Waals surface area contributed by atoms with Crippen LogP contribution in [0.2, 0.25) is 0 Å². The van der Waals surface area contributed by atoms with Crippen LogP contribution in [-0.4, -0.2) is 20.4 Å². The molecule has 3 aromatic heterocycles. The lowest BCUT2D eigenvalue weighted by Gasteiger charge is -2.02. The van der Waals surface area contributed by atoms with Gasteiger partial charge in [-0.25, -0.2) is 0 Å². The van der Waals surface area contributed by atoms with E-state index in [1.165, 1.54) is 16.9 Å². The van der Waals surface area contributed by atoms with Crippen LogP contribution >= 0.6 is 34.4 Å². The summed E-state index contributed by atoms with van der Waals surface area (Å²) in [6.07, 6.45) is 0. The Hall–Kier alpha value is -2.23. The third kappa shape index (κ3) is 3.95. The van der Waals surface area contributed by atoms with E-state index in [0.29, 0.717) is 11.8 Å². The summed E-state index contributed by atoms with van der Waals surface area (Å²) in [7, 11) is 0. The molecular formula is C17H15N5OS3. The van der Waals surface area contributed by atoms with Crippen molar-refractivity contribution < 1.29 is 4.42 Å². The third-order valence-electron chi connectivity index (χ3n) is 3.51. The van der Waals surface area contributed by atoms with E-state index in [1.807, 2.05) is 36.6 Å². The SMILES string of the molecule is Cc1ccc(Nc2nnc(S[C@@H](C)c3nnc(-c4cccs4)o3)s2)cc1. The Labute approximate surface area is 162 Å². The van der Waals surface area contributed by atoms with Gasteiger partial charge in [-0.3, -0.25) is 0 Å². The van der Waals surface area contributed by atoms with Crippen LogP contribution in [0.3, 0.4) is 0 Å². The molecule has 0 bridgehead atoms. The Morgan fingerprint density at radius 3 is 2.69 bits per heavy atom. The van der Waals surface area contributed by atoms with Crippen LogP contribution in [0.25, 0.3) is 10.8 Å². The molecule has 0 aliphatic rings. The number of nitrogens with one attached hydrogen (secondary N) is 1. The van der Waals surface area contributed by atoms with Crippen molar-refractivity contribution in [2.45, 2.75) is 23.4 Å². The van der Waals surface area contributed by atoms with E-state index < -0.39 is 0 Å². The van der Waals surface area contributed by atoms with Crippen LogP contribution in [0.1, 0.15) is 23.6 Å². The molecule has 0 saturated heterocycles. The smallest absolute Gasteiger partial charge is 0.257 e. The largest absolute Gasteiger partial charge is 0.419 e. The first kappa shape index (κ1) is 17.2. The van der Waals surface area contributed by atoms with Gasteiger partial charge in [-0.05, 0) is 37.4 Å². The number of aryl methyl sites for hydroxylation is 1. The molecule has 0 fully saturated rings. The van der Waals surface area contributed by atoms with Gasteiger partial charge in [-0.2, -0.15) is 0 Å². The van der Waals surface area contributed by atoms with Crippen molar-refractivity contribution in [3.63, 3.8) is 0 Å². The van der Waals surface area contributed by atoms with Crippen molar-refractivity contribution in [1.82, 2.24) is 20.4 Å². The molecule has 3 heterocycles. The molecule has 0 radical (unpaired) electrons. The maximum atomic E-state index is 5.78. The number of hydrogen-bond donors (Lipinski definition) is 1. The highest BCUT2D eigenvalue weighted by Gasteiger charge is 2.19. The van der Waals surface area contributed by atoms with Crippen LogP contribution in [-0.2, 0) is 0 Å². The molecule has 1 N–H and O–H groups in total. The summed E-state index contributed by atoms with van der Waals surface area (Å²) >= 11 is 4.63. The van der Waals surface area contributed by atoms with Crippen LogP contribution in [0, 0.1) is 6.92 Å². The van der Waals surface area contributed by atoms with E-state index >= 15 is 0 Å². The summed E-state index contributed by atoms with van der Waals surface area (Å²) in [6, 6.07) is 12.1. The molecule has 0 spiro atoms. The van der Waals surface area contributed by atoms with E-state index in [1.54, 1.807) is 23.1 Å². The molecule has 4 aromatic rings. The molecular weight excluding hydrogens is 386 g/mol. The second-order valence-electron chi connectivity index (χ2n) is 5.55. The maximum Gasteiger partial charge on any atom is 0.257 e. The van der Waals surface area contributed by atoms with Crippen LogP contribution < -0.4 is 5.32 Å². The highest BCUT2D eigenvalue weighted by molar-refractivity contribution is 8.01. The summed E-state index contributed by atoms with van der Waals surface area (Å²) < 4.78 is 6.63. The minimum absolute atomic E-state index is 0.00335. The number of thiophene rings is 1. The van der Waals surface area contributed by atoms with Crippen LogP contribution in [0.15, 0.2) is 50.5 Å². The van der Waals surface area contributed by atoms with Gasteiger partial charge < -0.3 is 9.73 Å². The minimum Gasteiger partial charge on any atom is -0.419 e. The number of benzene rings is 1. The van der Waals surface area contributed by atoms with E-state index in [4.69, 9.17) is 4.42 Å². The number of rotatable bonds is 6. The van der Waals surface area contributed by atoms with Gasteiger partial charge in [0.15, 0.2) is 4.34 Å². The van der Waals surface area contributed by atoms with E-state index in [0.717, 1.165) is 20.0 Å². The standard InChI is InChI=1S/C17H15N5OS3/c1-10-5-7-12(8-6-10)18-16-21-22-17(26-16)25-11(2)14-19-20-15(23-14)13-4-3-9-24-13/h3-9,11H,1-2H3,(H,18,21)/t11-/m0/s1. The van der Waals surface area contributed by atoms with Gasteiger partial charge in [0.2, 0.25) is 11.0 Å². The zero-order valence-electron chi connectivity index (χ0n) is 14.0. The molecule has 0 aliphatic carbocycles. The minimum atomic E-state index is -0.00335. The Balaban J connectivity index is 1.41. The number of aromatic nitrogens is 4. The molecule has 0 aliphatic heterocycles. The van der Waals surface area contributed by atoms with Gasteiger partial charge >= 0.3 is 0 Å². The Kier molecular flexibility index (Phi) is 5.00. The van der Waals surface area contributed by atoms with Gasteiger partial charge in [-0.15, -0.1) is 31.7 Å². The maximum absolute atomic E-state index is 5.78. The molecule has 0 amide bonds. The average Bonchev–Trinajstić information content (AvgIpc) is 3.38. The molecule has 9 heteroatoms. The third-order valence-corrected chi connectivity index (χ3v) is 6.38. The van der Waals surface area contributed by atoms with Gasteiger partial charge in [0.25, 0.3) is 5.89 Å². The van der Waals surface area contributed by atoms with Gasteiger partial charge in [0.1, 0.15) is 0 Å². The summed E-state index contributed by atoms with van der Waals surface area (Å²) in [6.45, 7) is 4.08. The van der Waals surface area contributed by atoms with Crippen molar-refractivity contribution in [2.75, 3.05) is 5.32 Å². The molecule has 4 rings (SSSR count). The van der Waals surface area contributed by atoms with Gasteiger partial charge in [0.05, 0.1) is 10.1 Å². The Morgan fingerprint density at radius 1 is 1.08 bits per heavy atom. The molecule has 0 saturated carbocycles. The van der Waals surface area contributed by atoms with Gasteiger partial charge in [0, 0.05) is 5.69 Å². The predicted octanol–water partition coefficient (Wildman–Crippen LogP) is 5.55. The topological polar surface area (TPSA) is 76.7 Å². The number of nitrogens with zero attached hydrogens (tertiary/aromatic N) is 4. The first-order valence-corrected chi connectivity index (χ1v) is 10.5. The number of hydrogen-bond acceptors (Lipinski definition) is 9. The second kappa shape index (κ2) is 7.56. The molecule has 6 nitrogen and oxygen atoms in total. The zero-order chi connectivity index (χ0) is 17.9. The number of anilines is 2. The second-order valence-corrected chi connectivity index (χ2v) is 9.06. The first-order valence-electron chi connectivity index (χ1n) is 7.88. The van der Waals surface area contributed by atoms with E-state index in [2.05, 4.69) is 44.8 Å². The van der Waals surface area contributed by atoms with Crippen molar-refractivity contribution in [2.24, 2.45) is 0 Å². The fraction of sp³-hybridized carbons (Fsp3) is 0.176. The molecule has 1 atom stereocenters. The molecule has 26 heavy (non-hydrogen) atoms. The fourth-order valence-corrected chi connectivity index (χ4v) is 4.76. The van der Waals surface area contributed by atoms with Crippen molar-refractivity contribution in [3.8, 4) is 10.8 Å². The van der Waals surface area contributed by atoms with E-state index in [9.17, 15) is 0 Å². The summed E-state index contributed by atoms with van der Waals surface area (Å²) in [5, 5.41) is 22.7. The summed E-state index contributed by atoms with van der Waals surface area (Å²) in [5.74, 6) is 1.14. The fourth-order valence-electron chi connectivity index (χ4n) is 2.17. The van der Waals surface area contributed by atoms with E-state index in [-0.39, 0.29) is 5.25 Å². The van der Waals surface area contributed by atoms with Crippen LogP contribution in [0.4, 0.5) is 10.8 Å². The predicted molar refractivity (Wildman–Crippen MR) is 106 cm³/mol. The molecule has 0 unspecified atom stereocenters. The quantitative estimate of drug-likeness (QED) is 0.424. The van der Waals surface area contributed by atoms with Crippen molar-refractivity contribution >= 4 is 45.3 Å². The normalized spacial score (nSPS) is 12.2. The molecule has 1 aromatic carbocycles. The molecule has 132 valence electrons. The Bertz CT molecular complexity index is 978. The highest BCUT2D eigenvalue weighted by Crippen LogP contribution is 2.38. The van der Waals surface area contributed by atoms with Gasteiger partial charge in [-0.1, -0.05) is 46.9 Å². The first-order chi connectivity index (χ1) is 12.7.